The number of ether oxygens (including phenoxy) is 2. The van der Waals surface area contributed by atoms with Crippen LogP contribution >= 0.6 is 0 Å². The predicted octanol–water partition coefficient (Wildman–Crippen LogP) is 4.06. The molecule has 0 N–H and O–H groups in total. The summed E-state index contributed by atoms with van der Waals surface area (Å²) in [7, 11) is 3.30. The van der Waals surface area contributed by atoms with Gasteiger partial charge in [-0.1, -0.05) is 35.5 Å². The van der Waals surface area contributed by atoms with E-state index in [4.69, 9.17) is 19.0 Å². The number of hydrogen-bond donors (Lipinski definition) is 0. The molecule has 0 aliphatic carbocycles. The molecule has 1 aliphatic heterocycles. The molecule has 0 spiro atoms. The minimum atomic E-state index is 0.691. The highest BCUT2D eigenvalue weighted by atomic mass is 16.5. The van der Waals surface area contributed by atoms with Crippen LogP contribution < -0.4 is 9.47 Å². The number of benzene rings is 2. The zero-order valence-corrected chi connectivity index (χ0v) is 15.1. The number of nitrogens with zero attached hydrogens (tertiary/aromatic N) is 2. The molecule has 0 saturated carbocycles. The molecule has 4 rings (SSSR count). The molecule has 2 aromatic carbocycles. The zero-order valence-electron chi connectivity index (χ0n) is 15.1. The number of aryl methyl sites for hydroxylation is 1. The lowest BCUT2D eigenvalue weighted by atomic mass is 9.90. The van der Waals surface area contributed by atoms with Crippen molar-refractivity contribution in [1.82, 2.24) is 5.16 Å². The Labute approximate surface area is 152 Å². The van der Waals surface area contributed by atoms with Gasteiger partial charge in [-0.25, -0.2) is 0 Å². The highest BCUT2D eigenvalue weighted by Gasteiger charge is 2.26. The van der Waals surface area contributed by atoms with Crippen LogP contribution in [0.3, 0.4) is 0 Å². The molecule has 0 bridgehead atoms. The van der Waals surface area contributed by atoms with Gasteiger partial charge in [0.15, 0.2) is 11.5 Å². The van der Waals surface area contributed by atoms with Gasteiger partial charge < -0.3 is 14.0 Å². The van der Waals surface area contributed by atoms with Crippen molar-refractivity contribution in [2.24, 2.45) is 4.99 Å². The first-order valence-corrected chi connectivity index (χ1v) is 8.54. The van der Waals surface area contributed by atoms with Crippen LogP contribution in [0.2, 0.25) is 0 Å². The average molecular weight is 348 g/mol. The summed E-state index contributed by atoms with van der Waals surface area (Å²) in [6.45, 7) is 2.64. The van der Waals surface area contributed by atoms with Crippen molar-refractivity contribution >= 4 is 5.71 Å². The molecule has 0 fully saturated rings. The Kier molecular flexibility index (Phi) is 4.21. The van der Waals surface area contributed by atoms with Crippen molar-refractivity contribution in [2.75, 3.05) is 20.8 Å². The van der Waals surface area contributed by atoms with Gasteiger partial charge >= 0.3 is 0 Å². The van der Waals surface area contributed by atoms with Crippen LogP contribution in [-0.2, 0) is 6.42 Å². The molecule has 0 unspecified atom stereocenters. The molecule has 2 heterocycles. The lowest BCUT2D eigenvalue weighted by molar-refractivity contribution is 0.354. The summed E-state index contributed by atoms with van der Waals surface area (Å²) in [5.74, 6) is 2.18. The maximum atomic E-state index is 5.53. The van der Waals surface area contributed by atoms with Crippen LogP contribution in [0.25, 0.3) is 11.3 Å². The first kappa shape index (κ1) is 16.4. The summed E-state index contributed by atoms with van der Waals surface area (Å²) in [6.07, 6.45) is 0.865. The van der Waals surface area contributed by atoms with E-state index < -0.39 is 0 Å². The van der Waals surface area contributed by atoms with Gasteiger partial charge in [0.05, 0.1) is 25.5 Å². The lowest BCUT2D eigenvalue weighted by Crippen LogP contribution is -2.16. The van der Waals surface area contributed by atoms with E-state index in [1.165, 1.54) is 5.56 Å². The standard InChI is InChI=1S/C21H20N2O3/c1-13-19(20(23-26-13)14-7-5-4-6-8-14)21-16-12-18(25-3)17(24-2)11-15(16)9-10-22-21/h4-8,11-12H,9-10H2,1-3H3. The van der Waals surface area contributed by atoms with E-state index in [9.17, 15) is 0 Å². The van der Waals surface area contributed by atoms with Gasteiger partial charge in [0.1, 0.15) is 11.5 Å². The minimum Gasteiger partial charge on any atom is -0.493 e. The molecule has 0 radical (unpaired) electrons. The van der Waals surface area contributed by atoms with Crippen molar-refractivity contribution in [1.29, 1.82) is 0 Å². The van der Waals surface area contributed by atoms with Gasteiger partial charge in [-0.3, -0.25) is 4.99 Å². The number of rotatable bonds is 4. The van der Waals surface area contributed by atoms with E-state index >= 15 is 0 Å². The molecule has 0 amide bonds. The molecule has 1 aromatic heterocycles. The van der Waals surface area contributed by atoms with Gasteiger partial charge in [-0.05, 0) is 31.0 Å². The summed E-state index contributed by atoms with van der Waals surface area (Å²) in [5, 5.41) is 4.30. The Bertz CT molecular complexity index is 974. The van der Waals surface area contributed by atoms with Crippen LogP contribution in [0.5, 0.6) is 11.5 Å². The third-order valence-corrected chi connectivity index (χ3v) is 4.66. The summed E-state index contributed by atoms with van der Waals surface area (Å²) >= 11 is 0. The van der Waals surface area contributed by atoms with Crippen molar-refractivity contribution in [3.63, 3.8) is 0 Å². The largest absolute Gasteiger partial charge is 0.493 e. The Balaban J connectivity index is 1.89. The van der Waals surface area contributed by atoms with Crippen molar-refractivity contribution in [3.8, 4) is 22.8 Å². The van der Waals surface area contributed by atoms with Crippen molar-refractivity contribution < 1.29 is 14.0 Å². The van der Waals surface area contributed by atoms with Crippen molar-refractivity contribution in [3.05, 3.63) is 64.9 Å². The second-order valence-electron chi connectivity index (χ2n) is 6.17. The fraction of sp³-hybridized carbons (Fsp3) is 0.238. The molecule has 0 atom stereocenters. The molecule has 5 nitrogen and oxygen atoms in total. The minimum absolute atomic E-state index is 0.691. The quantitative estimate of drug-likeness (QED) is 0.713. The normalized spacial score (nSPS) is 13.1. The van der Waals surface area contributed by atoms with Crippen molar-refractivity contribution in [2.45, 2.75) is 13.3 Å². The van der Waals surface area contributed by atoms with Crippen LogP contribution in [0.4, 0.5) is 0 Å². The van der Waals surface area contributed by atoms with E-state index in [1.807, 2.05) is 49.4 Å². The van der Waals surface area contributed by atoms with E-state index in [-0.39, 0.29) is 0 Å². The summed E-state index contributed by atoms with van der Waals surface area (Å²) in [6, 6.07) is 14.1. The molecule has 5 heteroatoms. The molecular weight excluding hydrogens is 328 g/mol. The third kappa shape index (κ3) is 2.65. The summed E-state index contributed by atoms with van der Waals surface area (Å²) in [4.78, 5) is 4.81. The van der Waals surface area contributed by atoms with E-state index in [0.717, 1.165) is 52.6 Å². The van der Waals surface area contributed by atoms with Crippen LogP contribution in [-0.4, -0.2) is 31.6 Å². The molecule has 26 heavy (non-hydrogen) atoms. The number of fused-ring (bicyclic) bond motifs is 1. The van der Waals surface area contributed by atoms with Gasteiger partial charge in [0.2, 0.25) is 0 Å². The highest BCUT2D eigenvalue weighted by molar-refractivity contribution is 6.18. The predicted molar refractivity (Wildman–Crippen MR) is 100 cm³/mol. The fourth-order valence-corrected chi connectivity index (χ4v) is 3.38. The van der Waals surface area contributed by atoms with Crippen LogP contribution in [0.15, 0.2) is 52.0 Å². The van der Waals surface area contributed by atoms with Gasteiger partial charge in [0, 0.05) is 17.7 Å². The topological polar surface area (TPSA) is 56.9 Å². The molecule has 0 saturated heterocycles. The second kappa shape index (κ2) is 6.67. The fourth-order valence-electron chi connectivity index (χ4n) is 3.38. The van der Waals surface area contributed by atoms with Gasteiger partial charge in [-0.2, -0.15) is 0 Å². The van der Waals surface area contributed by atoms with Gasteiger partial charge in [-0.15, -0.1) is 0 Å². The Hall–Kier alpha value is -3.08. The Morgan fingerprint density at radius 1 is 1.00 bits per heavy atom. The summed E-state index contributed by atoms with van der Waals surface area (Å²) in [5.41, 5.74) is 5.87. The van der Waals surface area contributed by atoms with E-state index in [2.05, 4.69) is 5.16 Å². The smallest absolute Gasteiger partial charge is 0.161 e. The highest BCUT2D eigenvalue weighted by Crippen LogP contribution is 2.36. The first-order chi connectivity index (χ1) is 12.7. The lowest BCUT2D eigenvalue weighted by Gasteiger charge is -2.20. The van der Waals surface area contributed by atoms with Gasteiger partial charge in [0.25, 0.3) is 0 Å². The molecular formula is C21H20N2O3. The maximum Gasteiger partial charge on any atom is 0.161 e. The SMILES string of the molecule is COc1cc2c(cc1OC)C(c1c(-c3ccccc3)noc1C)=NCC2. The second-order valence-corrected chi connectivity index (χ2v) is 6.17. The molecule has 1 aliphatic rings. The average Bonchev–Trinajstić information content (AvgIpc) is 3.08. The van der Waals surface area contributed by atoms with Crippen LogP contribution in [0, 0.1) is 6.92 Å². The van der Waals surface area contributed by atoms with Crippen LogP contribution in [0.1, 0.15) is 22.5 Å². The number of hydrogen-bond acceptors (Lipinski definition) is 5. The number of aromatic nitrogens is 1. The number of aliphatic imine (C=N–C) groups is 1. The third-order valence-electron chi connectivity index (χ3n) is 4.66. The monoisotopic (exact) mass is 348 g/mol. The first-order valence-electron chi connectivity index (χ1n) is 8.54. The Morgan fingerprint density at radius 2 is 1.73 bits per heavy atom. The molecule has 3 aromatic rings. The maximum absolute atomic E-state index is 5.53. The number of methoxy groups -OCH3 is 2. The zero-order chi connectivity index (χ0) is 18.1. The van der Waals surface area contributed by atoms with E-state index in [0.29, 0.717) is 5.75 Å². The van der Waals surface area contributed by atoms with E-state index in [1.54, 1.807) is 14.2 Å². The Morgan fingerprint density at radius 3 is 2.46 bits per heavy atom. The molecule has 132 valence electrons. The summed E-state index contributed by atoms with van der Waals surface area (Å²) < 4.78 is 16.5.